The number of aliphatic hydroxyl groups excluding tert-OH is 1. The first-order valence-corrected chi connectivity index (χ1v) is 5.69. The molecule has 1 aromatic carbocycles. The molecule has 0 bridgehead atoms. The Kier molecular flexibility index (Phi) is 5.40. The number of ether oxygens (including phenoxy) is 1. The highest BCUT2D eigenvalue weighted by molar-refractivity contribution is 6.36. The van der Waals surface area contributed by atoms with Crippen LogP contribution in [0.5, 0.6) is 0 Å². The second-order valence-corrected chi connectivity index (χ2v) is 4.20. The van der Waals surface area contributed by atoms with Gasteiger partial charge in [-0.3, -0.25) is 4.79 Å². The van der Waals surface area contributed by atoms with Crippen molar-refractivity contribution in [3.63, 3.8) is 0 Å². The number of aliphatic hydroxyl groups is 1. The van der Waals surface area contributed by atoms with Crippen LogP contribution in [0.15, 0.2) is 18.2 Å². The van der Waals surface area contributed by atoms with E-state index >= 15 is 0 Å². The van der Waals surface area contributed by atoms with Crippen LogP contribution < -0.4 is 5.32 Å². The summed E-state index contributed by atoms with van der Waals surface area (Å²) < 4.78 is 4.42. The first kappa shape index (κ1) is 14.8. The third-order valence-electron chi connectivity index (χ3n) is 2.15. The van der Waals surface area contributed by atoms with Crippen molar-refractivity contribution in [3.05, 3.63) is 33.8 Å². The molecule has 0 aliphatic heterocycles. The number of nitrogens with one attached hydrogen (secondary N) is 1. The highest BCUT2D eigenvalue weighted by Crippen LogP contribution is 2.20. The fourth-order valence-corrected chi connectivity index (χ4v) is 1.73. The van der Waals surface area contributed by atoms with Gasteiger partial charge in [0.1, 0.15) is 0 Å². The Morgan fingerprint density at radius 1 is 1.44 bits per heavy atom. The van der Waals surface area contributed by atoms with Gasteiger partial charge in [-0.1, -0.05) is 23.2 Å². The number of amides is 1. The summed E-state index contributed by atoms with van der Waals surface area (Å²) in [7, 11) is 1.16. The maximum absolute atomic E-state index is 11.8. The van der Waals surface area contributed by atoms with Crippen LogP contribution in [-0.4, -0.2) is 36.7 Å². The van der Waals surface area contributed by atoms with Gasteiger partial charge in [0.2, 0.25) is 0 Å². The first-order chi connectivity index (χ1) is 8.49. The van der Waals surface area contributed by atoms with E-state index in [0.29, 0.717) is 5.02 Å². The lowest BCUT2D eigenvalue weighted by Gasteiger charge is -2.14. The summed E-state index contributed by atoms with van der Waals surface area (Å²) in [6.07, 6.45) is 0. The third kappa shape index (κ3) is 3.60. The molecule has 1 rings (SSSR count). The van der Waals surface area contributed by atoms with Crippen LogP contribution in [0.2, 0.25) is 10.0 Å². The number of halogens is 2. The molecule has 0 spiro atoms. The van der Waals surface area contributed by atoms with Gasteiger partial charge in [0.25, 0.3) is 5.91 Å². The number of methoxy groups -OCH3 is 1. The Morgan fingerprint density at radius 3 is 2.61 bits per heavy atom. The lowest BCUT2D eigenvalue weighted by molar-refractivity contribution is -0.143. The first-order valence-electron chi connectivity index (χ1n) is 4.94. The van der Waals surface area contributed by atoms with Crippen LogP contribution in [0.4, 0.5) is 0 Å². The number of benzene rings is 1. The van der Waals surface area contributed by atoms with Crippen molar-refractivity contribution in [2.45, 2.75) is 6.04 Å². The SMILES string of the molecule is COC(=O)[C@H](CO)NC(=O)c1ccc(Cl)cc1Cl. The van der Waals surface area contributed by atoms with Crippen molar-refractivity contribution >= 4 is 35.1 Å². The van der Waals surface area contributed by atoms with E-state index in [9.17, 15) is 9.59 Å². The molecule has 2 N–H and O–H groups in total. The lowest BCUT2D eigenvalue weighted by atomic mass is 10.2. The van der Waals surface area contributed by atoms with Crippen LogP contribution in [0.25, 0.3) is 0 Å². The summed E-state index contributed by atoms with van der Waals surface area (Å²) in [5, 5.41) is 11.8. The lowest BCUT2D eigenvalue weighted by Crippen LogP contribution is -2.44. The second-order valence-electron chi connectivity index (χ2n) is 3.36. The Morgan fingerprint density at radius 2 is 2.11 bits per heavy atom. The van der Waals surface area contributed by atoms with E-state index in [0.717, 1.165) is 7.11 Å². The standard InChI is InChI=1S/C11H11Cl2NO4/c1-18-11(17)9(5-15)14-10(16)7-3-2-6(12)4-8(7)13/h2-4,9,15H,5H2,1H3,(H,14,16)/t9-/m0/s1. The summed E-state index contributed by atoms with van der Waals surface area (Å²) in [6, 6.07) is 3.19. The minimum atomic E-state index is -1.13. The largest absolute Gasteiger partial charge is 0.467 e. The minimum absolute atomic E-state index is 0.154. The smallest absolute Gasteiger partial charge is 0.330 e. The highest BCUT2D eigenvalue weighted by atomic mass is 35.5. The van der Waals surface area contributed by atoms with Crippen LogP contribution in [-0.2, 0) is 9.53 Å². The van der Waals surface area contributed by atoms with Crippen LogP contribution in [0, 0.1) is 0 Å². The number of carbonyl (C=O) groups excluding carboxylic acids is 2. The summed E-state index contributed by atoms with van der Waals surface area (Å²) >= 11 is 11.5. The minimum Gasteiger partial charge on any atom is -0.467 e. The molecular formula is C11H11Cl2NO4. The number of hydrogen-bond acceptors (Lipinski definition) is 4. The molecule has 7 heteroatoms. The quantitative estimate of drug-likeness (QED) is 0.819. The number of rotatable bonds is 4. The van der Waals surface area contributed by atoms with Gasteiger partial charge >= 0.3 is 5.97 Å². The number of esters is 1. The van der Waals surface area contributed by atoms with Crippen molar-refractivity contribution in [1.29, 1.82) is 0 Å². The molecule has 1 atom stereocenters. The van der Waals surface area contributed by atoms with E-state index < -0.39 is 24.5 Å². The molecule has 5 nitrogen and oxygen atoms in total. The van der Waals surface area contributed by atoms with E-state index in [4.69, 9.17) is 28.3 Å². The van der Waals surface area contributed by atoms with Gasteiger partial charge in [-0.05, 0) is 18.2 Å². The van der Waals surface area contributed by atoms with Crippen molar-refractivity contribution in [3.8, 4) is 0 Å². The predicted octanol–water partition coefficient (Wildman–Crippen LogP) is 1.26. The van der Waals surface area contributed by atoms with E-state index in [1.54, 1.807) is 0 Å². The van der Waals surface area contributed by atoms with Crippen molar-refractivity contribution < 1.29 is 19.4 Å². The zero-order valence-electron chi connectivity index (χ0n) is 9.44. The average molecular weight is 292 g/mol. The van der Waals surface area contributed by atoms with E-state index in [-0.39, 0.29) is 10.6 Å². The molecule has 0 saturated carbocycles. The number of hydrogen-bond donors (Lipinski definition) is 2. The zero-order chi connectivity index (χ0) is 13.7. The summed E-state index contributed by atoms with van der Waals surface area (Å²) in [6.45, 7) is -0.566. The predicted molar refractivity (Wildman–Crippen MR) is 66.8 cm³/mol. The molecule has 0 saturated heterocycles. The van der Waals surface area contributed by atoms with Crippen molar-refractivity contribution in [2.75, 3.05) is 13.7 Å². The molecule has 1 amide bonds. The fourth-order valence-electron chi connectivity index (χ4n) is 1.23. The normalized spacial score (nSPS) is 11.8. The third-order valence-corrected chi connectivity index (χ3v) is 2.70. The molecule has 1 aromatic rings. The van der Waals surface area contributed by atoms with E-state index in [2.05, 4.69) is 10.1 Å². The second kappa shape index (κ2) is 6.58. The van der Waals surface area contributed by atoms with E-state index in [1.165, 1.54) is 18.2 Å². The van der Waals surface area contributed by atoms with Gasteiger partial charge in [0, 0.05) is 5.02 Å². The molecule has 18 heavy (non-hydrogen) atoms. The van der Waals surface area contributed by atoms with Crippen LogP contribution >= 0.6 is 23.2 Å². The molecule has 0 unspecified atom stereocenters. The molecule has 0 heterocycles. The Bertz CT molecular complexity index is 464. The number of carbonyl (C=O) groups is 2. The topological polar surface area (TPSA) is 75.6 Å². The molecule has 0 radical (unpaired) electrons. The zero-order valence-corrected chi connectivity index (χ0v) is 11.0. The molecule has 98 valence electrons. The molecule has 0 aliphatic carbocycles. The van der Waals surface area contributed by atoms with Gasteiger partial charge in [-0.15, -0.1) is 0 Å². The molecule has 0 aromatic heterocycles. The maximum Gasteiger partial charge on any atom is 0.330 e. The summed E-state index contributed by atoms with van der Waals surface area (Å²) in [4.78, 5) is 23.0. The molecule has 0 fully saturated rings. The Balaban J connectivity index is 2.84. The van der Waals surface area contributed by atoms with Gasteiger partial charge in [0.15, 0.2) is 6.04 Å². The highest BCUT2D eigenvalue weighted by Gasteiger charge is 2.22. The monoisotopic (exact) mass is 291 g/mol. The van der Waals surface area contributed by atoms with Crippen molar-refractivity contribution in [1.82, 2.24) is 5.32 Å². The Hall–Kier alpha value is -1.30. The summed E-state index contributed by atoms with van der Waals surface area (Å²) in [5.74, 6) is -1.34. The van der Waals surface area contributed by atoms with Crippen molar-refractivity contribution in [2.24, 2.45) is 0 Å². The van der Waals surface area contributed by atoms with Gasteiger partial charge in [-0.2, -0.15) is 0 Å². The fraction of sp³-hybridized carbons (Fsp3) is 0.273. The van der Waals surface area contributed by atoms with Crippen LogP contribution in [0.3, 0.4) is 0 Å². The van der Waals surface area contributed by atoms with Gasteiger partial charge in [-0.25, -0.2) is 4.79 Å². The van der Waals surface area contributed by atoms with Gasteiger partial charge in [0.05, 0.1) is 24.3 Å². The Labute approximate surface area is 114 Å². The van der Waals surface area contributed by atoms with Crippen LogP contribution in [0.1, 0.15) is 10.4 Å². The molecule has 0 aliphatic rings. The molecular weight excluding hydrogens is 281 g/mol. The average Bonchev–Trinajstić information content (AvgIpc) is 2.34. The summed E-state index contributed by atoms with van der Waals surface area (Å²) in [5.41, 5.74) is 0.156. The van der Waals surface area contributed by atoms with E-state index in [1.807, 2.05) is 0 Å². The maximum atomic E-state index is 11.8. The van der Waals surface area contributed by atoms with Gasteiger partial charge < -0.3 is 15.2 Å².